The van der Waals surface area contributed by atoms with Crippen LogP contribution in [0.1, 0.15) is 76.8 Å². The van der Waals surface area contributed by atoms with E-state index >= 15 is 0 Å². The molecule has 0 amide bonds. The first-order valence-corrected chi connectivity index (χ1v) is 13.8. The van der Waals surface area contributed by atoms with Gasteiger partial charge in [0.1, 0.15) is 11.9 Å². The smallest absolute Gasteiger partial charge is 0.334 e. The third-order valence-electron chi connectivity index (χ3n) is 9.87. The predicted molar refractivity (Wildman–Crippen MR) is 146 cm³/mol. The van der Waals surface area contributed by atoms with Gasteiger partial charge in [-0.05, 0) is 109 Å². The first kappa shape index (κ1) is 26.7. The summed E-state index contributed by atoms with van der Waals surface area (Å²) in [5, 5.41) is 21.7. The molecule has 1 heterocycles. The maximum absolute atomic E-state index is 12.0. The number of fused-ring (bicyclic) bond motifs is 1. The molecule has 0 spiro atoms. The van der Waals surface area contributed by atoms with Crippen molar-refractivity contribution < 1.29 is 19.7 Å². The zero-order valence-corrected chi connectivity index (χ0v) is 22.6. The van der Waals surface area contributed by atoms with Gasteiger partial charge in [0.05, 0.1) is 0 Å². The minimum absolute atomic E-state index is 0.0404. The summed E-state index contributed by atoms with van der Waals surface area (Å²) in [7, 11) is 0. The van der Waals surface area contributed by atoms with Gasteiger partial charge in [0.25, 0.3) is 0 Å². The molecule has 4 heteroatoms. The average molecular weight is 493 g/mol. The second-order valence-corrected chi connectivity index (χ2v) is 11.9. The number of benzene rings is 1. The van der Waals surface area contributed by atoms with Crippen molar-refractivity contribution in [3.63, 3.8) is 0 Å². The van der Waals surface area contributed by atoms with E-state index in [4.69, 9.17) is 4.74 Å². The van der Waals surface area contributed by atoms with Crippen LogP contribution < -0.4 is 10.4 Å². The maximum atomic E-state index is 12.0. The molecule has 2 aliphatic carbocycles. The number of cyclic esters (lactones) is 1. The number of ether oxygens (including phenoxy) is 1. The molecule has 3 aliphatic rings. The summed E-state index contributed by atoms with van der Waals surface area (Å²) < 4.78 is 5.66. The Morgan fingerprint density at radius 2 is 2.03 bits per heavy atom. The van der Waals surface area contributed by atoms with Gasteiger partial charge in [-0.3, -0.25) is 0 Å². The van der Waals surface area contributed by atoms with E-state index < -0.39 is 0 Å². The minimum atomic E-state index is -0.221. The van der Waals surface area contributed by atoms with Crippen molar-refractivity contribution in [1.29, 1.82) is 0 Å². The van der Waals surface area contributed by atoms with Gasteiger partial charge in [-0.15, -0.1) is 0 Å². The summed E-state index contributed by atoms with van der Waals surface area (Å²) in [6, 6.07) is 1.83. The lowest BCUT2D eigenvalue weighted by Crippen LogP contribution is -2.37. The second-order valence-electron chi connectivity index (χ2n) is 11.9. The minimum Gasteiger partial charge on any atom is -0.508 e. The highest BCUT2D eigenvalue weighted by Gasteiger charge is 2.51. The van der Waals surface area contributed by atoms with Crippen LogP contribution in [0.25, 0.3) is 12.7 Å². The van der Waals surface area contributed by atoms with Gasteiger partial charge in [-0.1, -0.05) is 51.7 Å². The Morgan fingerprint density at radius 3 is 2.69 bits per heavy atom. The van der Waals surface area contributed by atoms with Gasteiger partial charge < -0.3 is 14.9 Å². The van der Waals surface area contributed by atoms with Crippen molar-refractivity contribution in [3.05, 3.63) is 51.4 Å². The first-order chi connectivity index (χ1) is 17.1. The van der Waals surface area contributed by atoms with Crippen LogP contribution in [0.2, 0.25) is 0 Å². The van der Waals surface area contributed by atoms with E-state index in [1.54, 1.807) is 0 Å². The maximum Gasteiger partial charge on any atom is 0.334 e. The fourth-order valence-corrected chi connectivity index (χ4v) is 7.55. The molecule has 1 saturated heterocycles. The van der Waals surface area contributed by atoms with E-state index in [1.165, 1.54) is 31.3 Å². The number of carbonyl (C=O) groups excluding carboxylic acids is 1. The van der Waals surface area contributed by atoms with Crippen molar-refractivity contribution in [2.75, 3.05) is 6.61 Å². The third-order valence-corrected chi connectivity index (χ3v) is 9.87. The van der Waals surface area contributed by atoms with Crippen LogP contribution in [0.4, 0.5) is 0 Å². The van der Waals surface area contributed by atoms with Crippen molar-refractivity contribution >= 4 is 18.6 Å². The Morgan fingerprint density at radius 1 is 1.28 bits per heavy atom. The SMILES string of the molecule is C=C1C(=O)O[C@@H](C[C@@H](C)[C@H]2CC[C@H]3/C(=C/C=c4/cc(O)c(CCCO)c(C)c4=C)CCC[C@]23C)[C@H]1C. The Kier molecular flexibility index (Phi) is 7.85. The van der Waals surface area contributed by atoms with Crippen LogP contribution >= 0.6 is 0 Å². The number of aliphatic hydroxyl groups excluding tert-OH is 1. The Labute approximate surface area is 216 Å². The third kappa shape index (κ3) is 4.81. The fraction of sp³-hybridized carbons (Fsp3) is 0.594. The standard InChI is InChI=1S/C32H44O4/c1-19(17-30-22(4)23(5)31(35)36-30)27-13-14-28-24(9-7-15-32(27,28)6)11-12-25-18-29(34)26(10-8-16-33)21(3)20(25)2/h11-12,18-19,22,27-28,30,33-34H,2,5,7-10,13-17H2,1,3-4,6H3/b24-11+,25-12-/t19-,22+,27-,28+,30+,32-/m1/s1. The molecule has 4 nitrogen and oxygen atoms in total. The van der Waals surface area contributed by atoms with Crippen molar-refractivity contribution in [2.24, 2.45) is 29.1 Å². The molecule has 6 atom stereocenters. The van der Waals surface area contributed by atoms with Crippen LogP contribution in [0.3, 0.4) is 0 Å². The molecule has 2 saturated carbocycles. The van der Waals surface area contributed by atoms with Crippen molar-refractivity contribution in [2.45, 2.75) is 85.2 Å². The van der Waals surface area contributed by atoms with E-state index in [1.807, 2.05) is 13.0 Å². The van der Waals surface area contributed by atoms with Gasteiger partial charge in [-0.25, -0.2) is 4.79 Å². The quantitative estimate of drug-likeness (QED) is 0.410. The van der Waals surface area contributed by atoms with Crippen LogP contribution in [0.15, 0.2) is 29.9 Å². The Bertz CT molecular complexity index is 1160. The van der Waals surface area contributed by atoms with Crippen molar-refractivity contribution in [1.82, 2.24) is 0 Å². The largest absolute Gasteiger partial charge is 0.508 e. The van der Waals surface area contributed by atoms with Crippen LogP contribution in [-0.2, 0) is 16.0 Å². The summed E-state index contributed by atoms with van der Waals surface area (Å²) in [5.41, 5.74) is 4.31. The average Bonchev–Trinajstić information content (AvgIpc) is 3.32. The molecule has 1 aliphatic heterocycles. The topological polar surface area (TPSA) is 66.8 Å². The summed E-state index contributed by atoms with van der Waals surface area (Å²) in [4.78, 5) is 12.0. The number of carbonyl (C=O) groups is 1. The lowest BCUT2D eigenvalue weighted by molar-refractivity contribution is -0.140. The molecule has 1 aromatic rings. The summed E-state index contributed by atoms with van der Waals surface area (Å²) in [6.45, 7) is 17.3. The number of hydrogen-bond acceptors (Lipinski definition) is 4. The van der Waals surface area contributed by atoms with Gasteiger partial charge in [0.2, 0.25) is 0 Å². The first-order valence-electron chi connectivity index (χ1n) is 13.8. The molecule has 0 unspecified atom stereocenters. The normalized spacial score (nSPS) is 32.7. The van der Waals surface area contributed by atoms with Gasteiger partial charge in [0.15, 0.2) is 0 Å². The number of esters is 1. The molecule has 2 N–H and O–H groups in total. The fourth-order valence-electron chi connectivity index (χ4n) is 7.55. The number of phenolic OH excluding ortho intramolecular Hbond substituents is 1. The summed E-state index contributed by atoms with van der Waals surface area (Å²) in [6.07, 6.45) is 12.6. The highest BCUT2D eigenvalue weighted by molar-refractivity contribution is 5.90. The Hall–Kier alpha value is -2.33. The highest BCUT2D eigenvalue weighted by Crippen LogP contribution is 2.60. The molecule has 196 valence electrons. The number of rotatable bonds is 7. The monoisotopic (exact) mass is 492 g/mol. The van der Waals surface area contributed by atoms with Gasteiger partial charge in [0, 0.05) is 18.1 Å². The molecule has 3 fully saturated rings. The van der Waals surface area contributed by atoms with Crippen LogP contribution in [0.5, 0.6) is 5.75 Å². The van der Waals surface area contributed by atoms with E-state index in [-0.39, 0.29) is 30.0 Å². The summed E-state index contributed by atoms with van der Waals surface area (Å²) in [5.74, 6) is 1.86. The molecular weight excluding hydrogens is 448 g/mol. The molecule has 36 heavy (non-hydrogen) atoms. The van der Waals surface area contributed by atoms with Gasteiger partial charge in [-0.2, -0.15) is 0 Å². The molecule has 0 aromatic heterocycles. The Balaban J connectivity index is 1.55. The molecular formula is C32H44O4. The zero-order chi connectivity index (χ0) is 26.2. The van der Waals surface area contributed by atoms with E-state index in [0.29, 0.717) is 41.9 Å². The zero-order valence-electron chi connectivity index (χ0n) is 22.6. The number of hydrogen-bond donors (Lipinski definition) is 2. The second kappa shape index (κ2) is 10.6. The molecule has 0 radical (unpaired) electrons. The van der Waals surface area contributed by atoms with Crippen LogP contribution in [-0.4, -0.2) is 28.9 Å². The number of phenols is 1. The number of allylic oxidation sites excluding steroid dienone is 2. The molecule has 1 aromatic carbocycles. The lowest BCUT2D eigenvalue weighted by Gasteiger charge is -2.44. The summed E-state index contributed by atoms with van der Waals surface area (Å²) >= 11 is 0. The predicted octanol–water partition coefficient (Wildman–Crippen LogP) is 5.10. The van der Waals surface area contributed by atoms with Crippen molar-refractivity contribution in [3.8, 4) is 5.75 Å². The van der Waals surface area contributed by atoms with E-state index in [9.17, 15) is 15.0 Å². The molecule has 0 bridgehead atoms. The number of aromatic hydroxyl groups is 1. The van der Waals surface area contributed by atoms with Crippen LogP contribution in [0, 0.1) is 36.0 Å². The highest BCUT2D eigenvalue weighted by atomic mass is 16.6. The van der Waals surface area contributed by atoms with E-state index in [2.05, 4.69) is 46.1 Å². The molecule has 4 rings (SSSR count). The van der Waals surface area contributed by atoms with E-state index in [0.717, 1.165) is 34.4 Å². The number of aliphatic hydroxyl groups is 1. The lowest BCUT2D eigenvalue weighted by atomic mass is 9.60. The van der Waals surface area contributed by atoms with Gasteiger partial charge >= 0.3 is 5.97 Å².